The van der Waals surface area contributed by atoms with E-state index in [0.717, 1.165) is 29.8 Å². The molecule has 4 nitrogen and oxygen atoms in total. The smallest absolute Gasteiger partial charge is 0.194 e. The van der Waals surface area contributed by atoms with Gasteiger partial charge in [0.2, 0.25) is 0 Å². The molecule has 0 aliphatic carbocycles. The lowest BCUT2D eigenvalue weighted by Crippen LogP contribution is -2.38. The maximum Gasteiger partial charge on any atom is 0.194 e. The van der Waals surface area contributed by atoms with E-state index >= 15 is 0 Å². The van der Waals surface area contributed by atoms with Crippen LogP contribution in [0, 0.1) is 6.92 Å². The Morgan fingerprint density at radius 2 is 2.47 bits per heavy atom. The van der Waals surface area contributed by atoms with Crippen molar-refractivity contribution in [2.75, 3.05) is 20.1 Å². The van der Waals surface area contributed by atoms with Gasteiger partial charge in [0.05, 0.1) is 23.8 Å². The molecule has 0 saturated carbocycles. The lowest BCUT2D eigenvalue weighted by Gasteiger charge is -2.20. The van der Waals surface area contributed by atoms with Crippen LogP contribution in [0.2, 0.25) is 0 Å². The van der Waals surface area contributed by atoms with Crippen LogP contribution in [0.5, 0.6) is 0 Å². The zero-order valence-electron chi connectivity index (χ0n) is 10.7. The summed E-state index contributed by atoms with van der Waals surface area (Å²) < 4.78 is 0. The second-order valence-corrected chi connectivity index (χ2v) is 4.76. The second kappa shape index (κ2) is 7.06. The molecule has 1 aromatic heterocycles. The molecule has 1 rings (SSSR count). The summed E-state index contributed by atoms with van der Waals surface area (Å²) in [6.45, 7) is 10.0. The van der Waals surface area contributed by atoms with Crippen molar-refractivity contribution in [3.8, 4) is 0 Å². The summed E-state index contributed by atoms with van der Waals surface area (Å²) >= 11 is 1.68. The third-order valence-electron chi connectivity index (χ3n) is 2.13. The zero-order valence-corrected chi connectivity index (χ0v) is 11.5. The van der Waals surface area contributed by atoms with E-state index in [1.807, 2.05) is 14.0 Å². The van der Waals surface area contributed by atoms with Gasteiger partial charge in [-0.25, -0.2) is 9.98 Å². The van der Waals surface area contributed by atoms with Gasteiger partial charge in [-0.3, -0.25) is 0 Å². The first-order valence-electron chi connectivity index (χ1n) is 5.68. The van der Waals surface area contributed by atoms with Crippen LogP contribution in [0.4, 0.5) is 0 Å². The number of nitrogens with one attached hydrogen (secondary N) is 1. The molecule has 0 radical (unpaired) electrons. The van der Waals surface area contributed by atoms with Crippen LogP contribution >= 0.6 is 11.3 Å². The first kappa shape index (κ1) is 13.7. The molecule has 0 unspecified atom stereocenters. The van der Waals surface area contributed by atoms with Gasteiger partial charge in [0.25, 0.3) is 0 Å². The summed E-state index contributed by atoms with van der Waals surface area (Å²) in [5, 5.41) is 6.43. The van der Waals surface area contributed by atoms with Gasteiger partial charge in [-0.15, -0.1) is 17.9 Å². The van der Waals surface area contributed by atoms with Gasteiger partial charge in [0.1, 0.15) is 0 Å². The van der Waals surface area contributed by atoms with E-state index in [1.54, 1.807) is 17.4 Å². The van der Waals surface area contributed by atoms with E-state index in [4.69, 9.17) is 0 Å². The number of guanidine groups is 1. The van der Waals surface area contributed by atoms with E-state index in [1.165, 1.54) is 0 Å². The molecule has 0 atom stereocenters. The van der Waals surface area contributed by atoms with Crippen molar-refractivity contribution in [2.24, 2.45) is 4.99 Å². The lowest BCUT2D eigenvalue weighted by atomic mass is 10.4. The number of hydrogen-bond donors (Lipinski definition) is 1. The topological polar surface area (TPSA) is 40.5 Å². The van der Waals surface area contributed by atoms with Crippen molar-refractivity contribution in [3.05, 3.63) is 28.7 Å². The van der Waals surface area contributed by atoms with E-state index in [2.05, 4.69) is 39.1 Å². The highest BCUT2D eigenvalue weighted by Gasteiger charge is 2.07. The predicted octanol–water partition coefficient (Wildman–Crippen LogP) is 2.03. The minimum absolute atomic E-state index is 0.628. The Morgan fingerprint density at radius 1 is 1.71 bits per heavy atom. The average Bonchev–Trinajstić information content (AvgIpc) is 2.70. The van der Waals surface area contributed by atoms with Gasteiger partial charge in [-0.05, 0) is 13.8 Å². The summed E-state index contributed by atoms with van der Waals surface area (Å²) in [4.78, 5) is 10.9. The van der Waals surface area contributed by atoms with Gasteiger partial charge in [-0.1, -0.05) is 6.08 Å². The van der Waals surface area contributed by atoms with Gasteiger partial charge in [0.15, 0.2) is 5.96 Å². The number of thiazole rings is 1. The minimum atomic E-state index is 0.628. The number of aromatic nitrogens is 1. The Morgan fingerprint density at radius 3 is 3.00 bits per heavy atom. The van der Waals surface area contributed by atoms with Crippen molar-refractivity contribution in [1.82, 2.24) is 15.2 Å². The summed E-state index contributed by atoms with van der Waals surface area (Å²) in [6.07, 6.45) is 1.79. The fraction of sp³-hybridized carbons (Fsp3) is 0.500. The molecule has 17 heavy (non-hydrogen) atoms. The quantitative estimate of drug-likeness (QED) is 0.495. The Bertz CT molecular complexity index is 384. The van der Waals surface area contributed by atoms with Gasteiger partial charge in [0, 0.05) is 19.0 Å². The molecular formula is C12H20N4S. The number of aryl methyl sites for hydroxylation is 1. The highest BCUT2D eigenvalue weighted by atomic mass is 32.1. The van der Waals surface area contributed by atoms with Crippen LogP contribution in [0.1, 0.15) is 17.6 Å². The Kier molecular flexibility index (Phi) is 5.69. The molecular weight excluding hydrogens is 232 g/mol. The summed E-state index contributed by atoms with van der Waals surface area (Å²) in [5.41, 5.74) is 1.08. The highest BCUT2D eigenvalue weighted by molar-refractivity contribution is 7.09. The maximum absolute atomic E-state index is 4.45. The van der Waals surface area contributed by atoms with Crippen LogP contribution in [0.15, 0.2) is 23.0 Å². The van der Waals surface area contributed by atoms with E-state index in [9.17, 15) is 0 Å². The first-order valence-corrected chi connectivity index (χ1v) is 6.56. The summed E-state index contributed by atoms with van der Waals surface area (Å²) in [5.74, 6) is 0.887. The molecule has 0 aliphatic heterocycles. The van der Waals surface area contributed by atoms with Crippen LogP contribution in [-0.4, -0.2) is 36.0 Å². The Balaban J connectivity index is 2.64. The lowest BCUT2D eigenvalue weighted by molar-refractivity contribution is 0.472. The highest BCUT2D eigenvalue weighted by Crippen LogP contribution is 2.09. The van der Waals surface area contributed by atoms with Crippen molar-refractivity contribution in [1.29, 1.82) is 0 Å². The molecule has 1 N–H and O–H groups in total. The average molecular weight is 252 g/mol. The first-order chi connectivity index (χ1) is 8.17. The standard InChI is InChI=1S/C12H20N4S/c1-5-7-14-12(13-6-2)16(4)8-11-9-17-10(3)15-11/h5,9H,1,6-8H2,2-4H3,(H,13,14). The van der Waals surface area contributed by atoms with Gasteiger partial charge >= 0.3 is 0 Å². The zero-order chi connectivity index (χ0) is 12.7. The third kappa shape index (κ3) is 4.56. The van der Waals surface area contributed by atoms with Crippen LogP contribution in [0.3, 0.4) is 0 Å². The Labute approximate surface area is 107 Å². The molecule has 5 heteroatoms. The maximum atomic E-state index is 4.45. The number of hydrogen-bond acceptors (Lipinski definition) is 3. The Hall–Kier alpha value is -1.36. The molecule has 0 amide bonds. The largest absolute Gasteiger partial charge is 0.357 e. The normalized spacial score (nSPS) is 11.4. The fourth-order valence-electron chi connectivity index (χ4n) is 1.42. The van der Waals surface area contributed by atoms with Crippen molar-refractivity contribution >= 4 is 17.3 Å². The van der Waals surface area contributed by atoms with Crippen molar-refractivity contribution in [2.45, 2.75) is 20.4 Å². The molecule has 0 fully saturated rings. The number of aliphatic imine (C=N–C) groups is 1. The second-order valence-electron chi connectivity index (χ2n) is 3.70. The molecule has 0 aliphatic rings. The van der Waals surface area contributed by atoms with Crippen LogP contribution < -0.4 is 5.32 Å². The van der Waals surface area contributed by atoms with Crippen LogP contribution in [0.25, 0.3) is 0 Å². The van der Waals surface area contributed by atoms with E-state index in [-0.39, 0.29) is 0 Å². The minimum Gasteiger partial charge on any atom is -0.357 e. The van der Waals surface area contributed by atoms with E-state index < -0.39 is 0 Å². The molecule has 0 bridgehead atoms. The summed E-state index contributed by atoms with van der Waals surface area (Å²) in [7, 11) is 2.01. The fourth-order valence-corrected chi connectivity index (χ4v) is 2.02. The molecule has 1 aromatic rings. The van der Waals surface area contributed by atoms with Gasteiger partial charge < -0.3 is 10.2 Å². The third-order valence-corrected chi connectivity index (χ3v) is 2.95. The molecule has 0 aromatic carbocycles. The van der Waals surface area contributed by atoms with Crippen molar-refractivity contribution in [3.63, 3.8) is 0 Å². The van der Waals surface area contributed by atoms with Crippen LogP contribution in [-0.2, 0) is 6.54 Å². The SMILES string of the molecule is C=CCN=C(NCC)N(C)Cc1csc(C)n1. The monoisotopic (exact) mass is 252 g/mol. The predicted molar refractivity (Wildman–Crippen MR) is 74.5 cm³/mol. The number of rotatable bonds is 5. The molecule has 0 spiro atoms. The number of nitrogens with zero attached hydrogens (tertiary/aromatic N) is 3. The van der Waals surface area contributed by atoms with E-state index in [0.29, 0.717) is 6.54 Å². The van der Waals surface area contributed by atoms with Crippen molar-refractivity contribution < 1.29 is 0 Å². The van der Waals surface area contributed by atoms with Gasteiger partial charge in [-0.2, -0.15) is 0 Å². The molecule has 0 saturated heterocycles. The molecule has 94 valence electrons. The molecule has 1 heterocycles. The summed E-state index contributed by atoms with van der Waals surface area (Å²) in [6, 6.07) is 0.